The number of aryl methyl sites for hydroxylation is 1. The smallest absolute Gasteiger partial charge is 0.311 e. The summed E-state index contributed by atoms with van der Waals surface area (Å²) in [6.45, 7) is 2.00. The molecule has 4 aromatic carbocycles. The molecule has 0 heterocycles. The first-order valence-corrected chi connectivity index (χ1v) is 13.6. The molecule has 0 fully saturated rings. The number of esters is 1. The fourth-order valence-corrected chi connectivity index (χ4v) is 4.76. The lowest BCUT2D eigenvalue weighted by atomic mass is 9.90. The molecule has 8 heteroatoms. The van der Waals surface area contributed by atoms with Crippen LogP contribution in [0.15, 0.2) is 103 Å². The highest BCUT2D eigenvalue weighted by Gasteiger charge is 2.30. The molecule has 222 valence electrons. The maximum Gasteiger partial charge on any atom is 0.311 e. The number of ether oxygens (including phenoxy) is 2. The minimum absolute atomic E-state index is 0. The summed E-state index contributed by atoms with van der Waals surface area (Å²) in [6, 6.07) is 29.4. The third kappa shape index (κ3) is 8.40. The van der Waals surface area contributed by atoms with Gasteiger partial charge in [-0.15, -0.1) is 0 Å². The van der Waals surface area contributed by atoms with Crippen molar-refractivity contribution in [3.63, 3.8) is 0 Å². The normalized spacial score (nSPS) is 12.1. The number of methoxy groups -OCH3 is 2. The molecule has 0 bridgehead atoms. The van der Waals surface area contributed by atoms with Gasteiger partial charge in [0.15, 0.2) is 0 Å². The Hall–Kier alpha value is -5.21. The fraction of sp³-hybridized carbons (Fsp3) is 0.171. The van der Waals surface area contributed by atoms with Gasteiger partial charge in [-0.2, -0.15) is 0 Å². The van der Waals surface area contributed by atoms with Crippen LogP contribution in [0.2, 0.25) is 0 Å². The van der Waals surface area contributed by atoms with Crippen LogP contribution in [0.25, 0.3) is 17.2 Å². The van der Waals surface area contributed by atoms with Gasteiger partial charge in [-0.05, 0) is 59.9 Å². The van der Waals surface area contributed by atoms with Gasteiger partial charge in [0.2, 0.25) is 0 Å². The van der Waals surface area contributed by atoms with Crippen LogP contribution in [0.3, 0.4) is 0 Å². The molecule has 4 rings (SSSR count). The third-order valence-electron chi connectivity index (χ3n) is 7.04. The summed E-state index contributed by atoms with van der Waals surface area (Å²) in [5.41, 5.74) is 11.4. The molecule has 0 radical (unpaired) electrons. The molecular weight excluding hydrogens is 542 g/mol. The third-order valence-corrected chi connectivity index (χ3v) is 7.04. The molecular formula is C35H37N3O5. The highest BCUT2D eigenvalue weighted by Crippen LogP contribution is 2.31. The predicted molar refractivity (Wildman–Crippen MR) is 170 cm³/mol. The van der Waals surface area contributed by atoms with E-state index < -0.39 is 17.9 Å². The Morgan fingerprint density at radius 1 is 0.907 bits per heavy atom. The van der Waals surface area contributed by atoms with Crippen LogP contribution >= 0.6 is 0 Å². The van der Waals surface area contributed by atoms with Crippen molar-refractivity contribution in [2.45, 2.75) is 19.4 Å². The van der Waals surface area contributed by atoms with Gasteiger partial charge in [-0.25, -0.2) is 0 Å². The summed E-state index contributed by atoms with van der Waals surface area (Å²) in [4.78, 5) is 26.6. The van der Waals surface area contributed by atoms with Gasteiger partial charge in [0.05, 0.1) is 26.2 Å². The van der Waals surface area contributed by atoms with E-state index >= 15 is 0 Å². The van der Waals surface area contributed by atoms with Gasteiger partial charge in [0.25, 0.3) is 5.91 Å². The van der Waals surface area contributed by atoms with Crippen LogP contribution in [0.5, 0.6) is 5.75 Å². The second kappa shape index (κ2) is 15.1. The first-order chi connectivity index (χ1) is 20.3. The van der Waals surface area contributed by atoms with Gasteiger partial charge in [-0.1, -0.05) is 84.9 Å². The van der Waals surface area contributed by atoms with Gasteiger partial charge in [-0.3, -0.25) is 15.0 Å². The Morgan fingerprint density at radius 2 is 1.63 bits per heavy atom. The number of nitrogen functional groups attached to an aromatic ring is 1. The minimum Gasteiger partial charge on any atom is -0.496 e. The number of carbonyl (C=O) groups is 2. The number of nitrogens with two attached hydrogens (primary N) is 1. The maximum absolute atomic E-state index is 13.5. The number of amidine groups is 1. The van der Waals surface area contributed by atoms with Gasteiger partial charge < -0.3 is 26.0 Å². The van der Waals surface area contributed by atoms with Gasteiger partial charge in [0.1, 0.15) is 11.6 Å². The largest absolute Gasteiger partial charge is 0.496 e. The van der Waals surface area contributed by atoms with Crippen molar-refractivity contribution in [1.29, 1.82) is 5.41 Å². The topological polar surface area (TPSA) is 146 Å². The summed E-state index contributed by atoms with van der Waals surface area (Å²) in [6.07, 6.45) is 3.96. The quantitative estimate of drug-likeness (QED) is 0.130. The zero-order valence-corrected chi connectivity index (χ0v) is 24.5. The molecule has 0 spiro atoms. The summed E-state index contributed by atoms with van der Waals surface area (Å²) in [7, 11) is 2.97. The Kier molecular flexibility index (Phi) is 11.4. The number of benzene rings is 4. The molecule has 1 amide bonds. The van der Waals surface area contributed by atoms with Crippen molar-refractivity contribution in [3.05, 3.63) is 131 Å². The van der Waals surface area contributed by atoms with Crippen LogP contribution < -0.4 is 15.8 Å². The van der Waals surface area contributed by atoms with Crippen LogP contribution in [-0.2, 0) is 16.0 Å². The summed E-state index contributed by atoms with van der Waals surface area (Å²) in [5, 5.41) is 10.8. The molecule has 43 heavy (non-hydrogen) atoms. The number of rotatable bonds is 11. The van der Waals surface area contributed by atoms with Gasteiger partial charge >= 0.3 is 5.97 Å². The molecule has 0 saturated carbocycles. The van der Waals surface area contributed by atoms with Crippen molar-refractivity contribution in [2.24, 2.45) is 11.7 Å². The van der Waals surface area contributed by atoms with Gasteiger partial charge in [0, 0.05) is 16.7 Å². The standard InChI is InChI=1S/C35H35N3O4.H2O/c1-23-12-18-29(32(20-23)41-2)26-14-16-27(17-15-26)34(39)38-31(19-13-24-8-5-4-6-9-24)30(35(40)42-3)22-25-10-7-11-28(21-25)33(36)37;/h4-21,30-31H,22H2,1-3H3,(H3,36,37)(H,38,39);1H2/b19-13+;. The summed E-state index contributed by atoms with van der Waals surface area (Å²) >= 11 is 0. The Morgan fingerprint density at radius 3 is 2.28 bits per heavy atom. The fourth-order valence-electron chi connectivity index (χ4n) is 4.76. The number of hydrogen-bond donors (Lipinski definition) is 3. The number of nitrogens with one attached hydrogen (secondary N) is 2. The Labute approximate surface area is 252 Å². The minimum atomic E-state index is -0.739. The lowest BCUT2D eigenvalue weighted by Gasteiger charge is -2.24. The Balaban J connectivity index is 0.00000506. The van der Waals surface area contributed by atoms with E-state index in [1.54, 1.807) is 37.4 Å². The molecule has 0 aliphatic heterocycles. The van der Waals surface area contributed by atoms with Crippen LogP contribution in [0.1, 0.15) is 32.6 Å². The van der Waals surface area contributed by atoms with E-state index in [0.717, 1.165) is 33.6 Å². The number of amides is 1. The van der Waals surface area contributed by atoms with Crippen molar-refractivity contribution in [3.8, 4) is 16.9 Å². The van der Waals surface area contributed by atoms with Crippen LogP contribution in [0, 0.1) is 18.3 Å². The first-order valence-electron chi connectivity index (χ1n) is 13.6. The van der Waals surface area contributed by atoms with E-state index in [4.69, 9.17) is 20.6 Å². The summed E-state index contributed by atoms with van der Waals surface area (Å²) < 4.78 is 10.7. The molecule has 4 aromatic rings. The SMILES string of the molecule is COC(=O)C(Cc1cccc(C(=N)N)c1)C(/C=C/c1ccccc1)NC(=O)c1ccc(-c2ccc(C)cc2OC)cc1.O. The number of hydrogen-bond acceptors (Lipinski definition) is 5. The Bertz CT molecular complexity index is 1580. The lowest BCUT2D eigenvalue weighted by Crippen LogP contribution is -2.43. The van der Waals surface area contributed by atoms with E-state index in [1.807, 2.05) is 85.8 Å². The molecule has 0 aromatic heterocycles. The van der Waals surface area contributed by atoms with Crippen molar-refractivity contribution < 1.29 is 24.5 Å². The van der Waals surface area contributed by atoms with E-state index in [-0.39, 0.29) is 23.6 Å². The molecule has 0 aliphatic carbocycles. The van der Waals surface area contributed by atoms with Crippen molar-refractivity contribution in [1.82, 2.24) is 5.32 Å². The second-order valence-corrected chi connectivity index (χ2v) is 10.00. The predicted octanol–water partition coefficient (Wildman–Crippen LogP) is 4.97. The second-order valence-electron chi connectivity index (χ2n) is 10.00. The zero-order valence-electron chi connectivity index (χ0n) is 24.5. The maximum atomic E-state index is 13.5. The molecule has 8 nitrogen and oxygen atoms in total. The molecule has 0 saturated heterocycles. The van der Waals surface area contributed by atoms with Crippen molar-refractivity contribution >= 4 is 23.8 Å². The average molecular weight is 580 g/mol. The molecule has 2 atom stereocenters. The molecule has 6 N–H and O–H groups in total. The van der Waals surface area contributed by atoms with Crippen LogP contribution in [-0.4, -0.2) is 43.4 Å². The molecule has 0 aliphatic rings. The molecule has 2 unspecified atom stereocenters. The number of carbonyl (C=O) groups excluding carboxylic acids is 2. The zero-order chi connectivity index (χ0) is 30.1. The first kappa shape index (κ1) is 32.3. The van der Waals surface area contributed by atoms with Crippen molar-refractivity contribution in [2.75, 3.05) is 14.2 Å². The average Bonchev–Trinajstić information content (AvgIpc) is 3.02. The monoisotopic (exact) mass is 579 g/mol. The highest BCUT2D eigenvalue weighted by molar-refractivity contribution is 5.96. The highest BCUT2D eigenvalue weighted by atomic mass is 16.5. The van der Waals surface area contributed by atoms with E-state index in [9.17, 15) is 9.59 Å². The van der Waals surface area contributed by atoms with E-state index in [2.05, 4.69) is 5.32 Å². The van der Waals surface area contributed by atoms with E-state index in [1.165, 1.54) is 7.11 Å². The summed E-state index contributed by atoms with van der Waals surface area (Å²) in [5.74, 6) is -0.836. The van der Waals surface area contributed by atoms with Crippen LogP contribution in [0.4, 0.5) is 0 Å². The lowest BCUT2D eigenvalue weighted by molar-refractivity contribution is -0.145. The van der Waals surface area contributed by atoms with E-state index in [0.29, 0.717) is 11.1 Å².